The van der Waals surface area contributed by atoms with Crippen LogP contribution in [0.5, 0.6) is 0 Å². The van der Waals surface area contributed by atoms with E-state index in [1.165, 1.54) is 24.3 Å². The van der Waals surface area contributed by atoms with Crippen molar-refractivity contribution in [2.24, 2.45) is 0 Å². The third kappa shape index (κ3) is 4.26. The van der Waals surface area contributed by atoms with Gasteiger partial charge in [0.2, 0.25) is 0 Å². The molecular weight excluding hydrogens is 264 g/mol. The number of non-ortho nitro benzene ring substituents is 1. The lowest BCUT2D eigenvalue weighted by atomic mass is 10.3. The molecule has 4 N–H and O–H groups in total. The van der Waals surface area contributed by atoms with Gasteiger partial charge in [-0.05, 0) is 12.1 Å². The second-order valence-electron chi connectivity index (χ2n) is 3.67. The number of nitrogens with two attached hydrogens (primary N) is 2. The van der Waals surface area contributed by atoms with E-state index in [2.05, 4.69) is 0 Å². The minimum Gasteiger partial charge on any atom is -0.399 e. The monoisotopic (exact) mass is 276 g/mol. The third-order valence-corrected chi connectivity index (χ3v) is 2.21. The van der Waals surface area contributed by atoms with E-state index in [1.807, 2.05) is 0 Å². The van der Waals surface area contributed by atoms with E-state index in [0.717, 1.165) is 0 Å². The topological polar surface area (TPSA) is 138 Å². The first-order valence-corrected chi connectivity index (χ1v) is 5.40. The molecule has 20 heavy (non-hydrogen) atoms. The molecule has 0 saturated carbocycles. The molecule has 8 heteroatoms. The number of hydrogen-bond acceptors (Lipinski definition) is 6. The normalized spacial score (nSPS) is 9.20. The fraction of sp³-hybridized carbons (Fsp3) is 0. The summed E-state index contributed by atoms with van der Waals surface area (Å²) < 4.78 is 0. The van der Waals surface area contributed by atoms with Gasteiger partial charge in [0.15, 0.2) is 0 Å². The van der Waals surface area contributed by atoms with Crippen LogP contribution in [-0.4, -0.2) is 9.85 Å². The molecule has 0 bridgehead atoms. The van der Waals surface area contributed by atoms with Gasteiger partial charge in [-0.2, -0.15) is 0 Å². The SMILES string of the molecule is Nc1cccc([N+](=O)[O-])c1.Nc1ccccc1[N+](=O)[O-]. The Morgan fingerprint density at radius 2 is 1.50 bits per heavy atom. The fourth-order valence-electron chi connectivity index (χ4n) is 1.29. The summed E-state index contributed by atoms with van der Waals surface area (Å²) in [5.41, 5.74) is 11.2. The number of nitrogens with zero attached hydrogens (tertiary/aromatic N) is 2. The zero-order valence-electron chi connectivity index (χ0n) is 10.3. The quantitative estimate of drug-likeness (QED) is 0.490. The molecule has 0 aliphatic carbocycles. The predicted molar refractivity (Wildman–Crippen MR) is 75.0 cm³/mol. The number of rotatable bonds is 2. The number of para-hydroxylation sites is 2. The Balaban J connectivity index is 0.000000200. The number of benzene rings is 2. The highest BCUT2D eigenvalue weighted by molar-refractivity contribution is 5.57. The molecule has 104 valence electrons. The van der Waals surface area contributed by atoms with Crippen LogP contribution in [0.3, 0.4) is 0 Å². The Morgan fingerprint density at radius 1 is 0.850 bits per heavy atom. The summed E-state index contributed by atoms with van der Waals surface area (Å²) in [4.78, 5) is 19.3. The molecule has 0 atom stereocenters. The molecule has 0 heterocycles. The molecule has 8 nitrogen and oxygen atoms in total. The number of hydrogen-bond donors (Lipinski definition) is 2. The molecule has 2 rings (SSSR count). The second kappa shape index (κ2) is 6.69. The zero-order valence-corrected chi connectivity index (χ0v) is 10.3. The van der Waals surface area contributed by atoms with E-state index in [0.29, 0.717) is 5.69 Å². The van der Waals surface area contributed by atoms with E-state index in [-0.39, 0.29) is 17.1 Å². The predicted octanol–water partition coefficient (Wildman–Crippen LogP) is 2.35. The van der Waals surface area contributed by atoms with Crippen LogP contribution in [0.15, 0.2) is 48.5 Å². The maximum atomic E-state index is 10.1. The average molecular weight is 276 g/mol. The van der Waals surface area contributed by atoms with Crippen LogP contribution >= 0.6 is 0 Å². The number of anilines is 2. The highest BCUT2D eigenvalue weighted by Gasteiger charge is 2.07. The van der Waals surface area contributed by atoms with Gasteiger partial charge < -0.3 is 11.5 Å². The second-order valence-corrected chi connectivity index (χ2v) is 3.67. The summed E-state index contributed by atoms with van der Waals surface area (Å²) in [5, 5.41) is 20.3. The Labute approximate surface area is 113 Å². The Kier molecular flexibility index (Phi) is 4.98. The Morgan fingerprint density at radius 3 is 1.90 bits per heavy atom. The van der Waals surface area contributed by atoms with E-state index >= 15 is 0 Å². The number of nitro groups is 2. The van der Waals surface area contributed by atoms with Crippen molar-refractivity contribution in [3.8, 4) is 0 Å². The maximum absolute atomic E-state index is 10.1. The minimum absolute atomic E-state index is 0.0278. The molecule has 0 radical (unpaired) electrons. The van der Waals surface area contributed by atoms with E-state index in [4.69, 9.17) is 11.5 Å². The van der Waals surface area contributed by atoms with Crippen LogP contribution in [-0.2, 0) is 0 Å². The molecular formula is C12H12N4O4. The molecule has 0 fully saturated rings. The lowest BCUT2D eigenvalue weighted by Gasteiger charge is -1.92. The Bertz CT molecular complexity index is 630. The van der Waals surface area contributed by atoms with Crippen molar-refractivity contribution in [2.75, 3.05) is 11.5 Å². The van der Waals surface area contributed by atoms with E-state index in [9.17, 15) is 20.2 Å². The molecule has 2 aromatic rings. The van der Waals surface area contributed by atoms with E-state index in [1.54, 1.807) is 24.3 Å². The molecule has 0 aliphatic rings. The van der Waals surface area contributed by atoms with Gasteiger partial charge in [-0.3, -0.25) is 20.2 Å². The van der Waals surface area contributed by atoms with Gasteiger partial charge in [0.05, 0.1) is 9.85 Å². The first-order chi connectivity index (χ1) is 9.41. The summed E-state index contributed by atoms with van der Waals surface area (Å²) in [5.74, 6) is 0. The highest BCUT2D eigenvalue weighted by atomic mass is 16.6. The smallest absolute Gasteiger partial charge is 0.292 e. The summed E-state index contributed by atoms with van der Waals surface area (Å²) in [6.07, 6.45) is 0. The summed E-state index contributed by atoms with van der Waals surface area (Å²) >= 11 is 0. The van der Waals surface area contributed by atoms with Crippen LogP contribution < -0.4 is 11.5 Å². The first kappa shape index (κ1) is 14.9. The van der Waals surface area contributed by atoms with Gasteiger partial charge in [0, 0.05) is 23.9 Å². The van der Waals surface area contributed by atoms with Crippen molar-refractivity contribution >= 4 is 22.7 Å². The van der Waals surface area contributed by atoms with Crippen molar-refractivity contribution in [3.63, 3.8) is 0 Å². The average Bonchev–Trinajstić information content (AvgIpc) is 2.39. The van der Waals surface area contributed by atoms with Crippen LogP contribution in [0, 0.1) is 20.2 Å². The molecule has 0 aromatic heterocycles. The van der Waals surface area contributed by atoms with Gasteiger partial charge in [-0.15, -0.1) is 0 Å². The summed E-state index contributed by atoms with van der Waals surface area (Å²) in [7, 11) is 0. The summed E-state index contributed by atoms with van der Waals surface area (Å²) in [6, 6.07) is 12.0. The minimum atomic E-state index is -0.505. The lowest BCUT2D eigenvalue weighted by Crippen LogP contribution is -1.93. The third-order valence-electron chi connectivity index (χ3n) is 2.21. The van der Waals surface area contributed by atoms with Gasteiger partial charge in [0.25, 0.3) is 11.4 Å². The number of nitrogen functional groups attached to an aromatic ring is 2. The van der Waals surface area contributed by atoms with Crippen molar-refractivity contribution in [3.05, 3.63) is 68.8 Å². The van der Waals surface area contributed by atoms with Crippen LogP contribution in [0.25, 0.3) is 0 Å². The van der Waals surface area contributed by atoms with Crippen molar-refractivity contribution < 1.29 is 9.85 Å². The molecule has 0 aliphatic heterocycles. The Hall–Kier alpha value is -3.16. The molecule has 0 amide bonds. The zero-order chi connectivity index (χ0) is 15.1. The van der Waals surface area contributed by atoms with Crippen LogP contribution in [0.2, 0.25) is 0 Å². The van der Waals surface area contributed by atoms with Crippen molar-refractivity contribution in [1.82, 2.24) is 0 Å². The van der Waals surface area contributed by atoms with Gasteiger partial charge >= 0.3 is 0 Å². The maximum Gasteiger partial charge on any atom is 0.292 e. The van der Waals surface area contributed by atoms with Gasteiger partial charge in [-0.1, -0.05) is 18.2 Å². The largest absolute Gasteiger partial charge is 0.399 e. The molecule has 0 spiro atoms. The molecule has 2 aromatic carbocycles. The van der Waals surface area contributed by atoms with Gasteiger partial charge in [-0.25, -0.2) is 0 Å². The van der Waals surface area contributed by atoms with Crippen LogP contribution in [0.4, 0.5) is 22.7 Å². The van der Waals surface area contributed by atoms with Gasteiger partial charge in [0.1, 0.15) is 5.69 Å². The van der Waals surface area contributed by atoms with Crippen molar-refractivity contribution in [1.29, 1.82) is 0 Å². The van der Waals surface area contributed by atoms with Crippen molar-refractivity contribution in [2.45, 2.75) is 0 Å². The van der Waals surface area contributed by atoms with Crippen LogP contribution in [0.1, 0.15) is 0 Å². The highest BCUT2D eigenvalue weighted by Crippen LogP contribution is 2.18. The van der Waals surface area contributed by atoms with E-state index < -0.39 is 9.85 Å². The molecule has 0 saturated heterocycles. The number of nitro benzene ring substituents is 2. The first-order valence-electron chi connectivity index (χ1n) is 5.40. The fourth-order valence-corrected chi connectivity index (χ4v) is 1.29. The standard InChI is InChI=1S/2C6H6N2O2/c7-5-2-1-3-6(4-5)8(9)10;7-5-3-1-2-4-6(5)8(9)10/h2*1-4H,7H2. The lowest BCUT2D eigenvalue weighted by molar-refractivity contribution is -0.384. The summed E-state index contributed by atoms with van der Waals surface area (Å²) in [6.45, 7) is 0. The molecule has 0 unspecified atom stereocenters.